The molecular formula is C23H18N4O3S. The fourth-order valence-corrected chi connectivity index (χ4v) is 4.27. The molecule has 0 spiro atoms. The Kier molecular flexibility index (Phi) is 5.90. The van der Waals surface area contributed by atoms with E-state index in [0.717, 1.165) is 22.0 Å². The predicted molar refractivity (Wildman–Crippen MR) is 121 cm³/mol. The van der Waals surface area contributed by atoms with Gasteiger partial charge in [-0.1, -0.05) is 66.4 Å². The van der Waals surface area contributed by atoms with Crippen LogP contribution in [0.25, 0.3) is 10.9 Å². The van der Waals surface area contributed by atoms with E-state index in [1.165, 1.54) is 24.2 Å². The smallest absolute Gasteiger partial charge is 0.293 e. The van der Waals surface area contributed by atoms with Gasteiger partial charge in [-0.25, -0.2) is 9.97 Å². The van der Waals surface area contributed by atoms with Gasteiger partial charge < -0.3 is 5.32 Å². The van der Waals surface area contributed by atoms with Crippen molar-refractivity contribution in [3.63, 3.8) is 0 Å². The molecule has 0 aliphatic heterocycles. The van der Waals surface area contributed by atoms with Gasteiger partial charge in [0, 0.05) is 11.5 Å². The van der Waals surface area contributed by atoms with Gasteiger partial charge in [0.25, 0.3) is 5.69 Å². The Labute approximate surface area is 182 Å². The third-order valence-corrected chi connectivity index (χ3v) is 5.95. The second-order valence-electron chi connectivity index (χ2n) is 6.87. The summed E-state index contributed by atoms with van der Waals surface area (Å²) in [6.45, 7) is 1.77. The van der Waals surface area contributed by atoms with Crippen LogP contribution < -0.4 is 5.32 Å². The molecule has 0 unspecified atom stereocenters. The summed E-state index contributed by atoms with van der Waals surface area (Å²) in [5, 5.41) is 15.0. The molecule has 0 bridgehead atoms. The first-order valence-corrected chi connectivity index (χ1v) is 10.4. The summed E-state index contributed by atoms with van der Waals surface area (Å²) in [5.41, 5.74) is 2.31. The van der Waals surface area contributed by atoms with Crippen LogP contribution in [0.5, 0.6) is 0 Å². The molecule has 0 saturated carbocycles. The standard InChI is InChI=1S/C23H18N4O3S/c1-15-11-12-19(20(13-15)27(29)30)26-22(28)21(16-7-3-2-4-8-16)31-23-17-9-5-6-10-18(17)24-14-25-23/h2-14,21H,1H3,(H,26,28)/t21-/m0/s1. The van der Waals surface area contributed by atoms with Gasteiger partial charge in [-0.15, -0.1) is 0 Å². The van der Waals surface area contributed by atoms with Gasteiger partial charge in [0.15, 0.2) is 0 Å². The third kappa shape index (κ3) is 4.54. The van der Waals surface area contributed by atoms with Crippen LogP contribution in [0, 0.1) is 17.0 Å². The highest BCUT2D eigenvalue weighted by atomic mass is 32.2. The number of amides is 1. The number of nitro groups is 1. The van der Waals surface area contributed by atoms with E-state index in [4.69, 9.17) is 0 Å². The average molecular weight is 430 g/mol. The van der Waals surface area contributed by atoms with Gasteiger partial charge in [0.1, 0.15) is 22.3 Å². The minimum absolute atomic E-state index is 0.141. The maximum atomic E-state index is 13.3. The Bertz CT molecular complexity index is 1260. The highest BCUT2D eigenvalue weighted by molar-refractivity contribution is 8.00. The van der Waals surface area contributed by atoms with E-state index in [0.29, 0.717) is 5.03 Å². The predicted octanol–water partition coefficient (Wildman–Crippen LogP) is 5.32. The van der Waals surface area contributed by atoms with Crippen molar-refractivity contribution in [2.24, 2.45) is 0 Å². The number of aromatic nitrogens is 2. The van der Waals surface area contributed by atoms with Gasteiger partial charge in [-0.3, -0.25) is 14.9 Å². The summed E-state index contributed by atoms with van der Waals surface area (Å²) >= 11 is 1.28. The molecule has 4 aromatic rings. The molecule has 0 aliphatic carbocycles. The number of rotatable bonds is 6. The van der Waals surface area contributed by atoms with E-state index in [2.05, 4.69) is 15.3 Å². The molecule has 3 aromatic carbocycles. The van der Waals surface area contributed by atoms with E-state index in [9.17, 15) is 14.9 Å². The van der Waals surface area contributed by atoms with Gasteiger partial charge in [-0.2, -0.15) is 0 Å². The van der Waals surface area contributed by atoms with E-state index in [1.807, 2.05) is 54.6 Å². The van der Waals surface area contributed by atoms with Gasteiger partial charge >= 0.3 is 0 Å². The Morgan fingerprint density at radius 1 is 1.03 bits per heavy atom. The molecule has 1 heterocycles. The number of nitro benzene ring substituents is 1. The van der Waals surface area contributed by atoms with Crippen molar-refractivity contribution in [3.05, 3.63) is 100 Å². The number of carbonyl (C=O) groups is 1. The van der Waals surface area contributed by atoms with Gasteiger partial charge in [0.2, 0.25) is 5.91 Å². The SMILES string of the molecule is Cc1ccc(NC(=O)[C@@H](Sc2ncnc3ccccc23)c2ccccc2)c([N+](=O)[O-])c1. The van der Waals surface area contributed by atoms with Crippen molar-refractivity contribution >= 4 is 39.9 Å². The zero-order chi connectivity index (χ0) is 21.8. The minimum atomic E-state index is -0.666. The lowest BCUT2D eigenvalue weighted by Gasteiger charge is -2.17. The van der Waals surface area contributed by atoms with Crippen LogP contribution in [0.1, 0.15) is 16.4 Å². The number of aryl methyl sites for hydroxylation is 1. The molecule has 7 nitrogen and oxygen atoms in total. The maximum absolute atomic E-state index is 13.3. The van der Waals surface area contributed by atoms with Crippen molar-refractivity contribution in [1.29, 1.82) is 0 Å². The Hall–Kier alpha value is -3.78. The van der Waals surface area contributed by atoms with Crippen molar-refractivity contribution in [3.8, 4) is 0 Å². The molecule has 8 heteroatoms. The van der Waals surface area contributed by atoms with Crippen LogP contribution >= 0.6 is 11.8 Å². The van der Waals surface area contributed by atoms with Crippen molar-refractivity contribution in [2.75, 3.05) is 5.32 Å². The van der Waals surface area contributed by atoms with Crippen molar-refractivity contribution < 1.29 is 9.72 Å². The molecule has 0 aliphatic rings. The fourth-order valence-electron chi connectivity index (χ4n) is 3.18. The summed E-state index contributed by atoms with van der Waals surface area (Å²) in [6.07, 6.45) is 1.47. The van der Waals surface area contributed by atoms with Crippen LogP contribution in [0.15, 0.2) is 84.1 Å². The molecule has 31 heavy (non-hydrogen) atoms. The molecule has 0 fully saturated rings. The molecule has 1 aromatic heterocycles. The monoisotopic (exact) mass is 430 g/mol. The molecule has 4 rings (SSSR count). The Balaban J connectivity index is 1.71. The lowest BCUT2D eigenvalue weighted by atomic mass is 10.1. The topological polar surface area (TPSA) is 98.0 Å². The first kappa shape index (κ1) is 20.5. The Morgan fingerprint density at radius 2 is 1.77 bits per heavy atom. The number of hydrogen-bond donors (Lipinski definition) is 1. The number of carbonyl (C=O) groups excluding carboxylic acids is 1. The lowest BCUT2D eigenvalue weighted by molar-refractivity contribution is -0.384. The highest BCUT2D eigenvalue weighted by Crippen LogP contribution is 2.38. The van der Waals surface area contributed by atoms with Crippen LogP contribution in [0.2, 0.25) is 0 Å². The van der Waals surface area contributed by atoms with Crippen LogP contribution in [0.3, 0.4) is 0 Å². The number of anilines is 1. The minimum Gasteiger partial charge on any atom is -0.319 e. The van der Waals surface area contributed by atoms with Crippen molar-refractivity contribution in [1.82, 2.24) is 9.97 Å². The zero-order valence-electron chi connectivity index (χ0n) is 16.6. The van der Waals surface area contributed by atoms with Crippen molar-refractivity contribution in [2.45, 2.75) is 17.2 Å². The Morgan fingerprint density at radius 3 is 2.55 bits per heavy atom. The molecule has 1 N–H and O–H groups in total. The maximum Gasteiger partial charge on any atom is 0.293 e. The largest absolute Gasteiger partial charge is 0.319 e. The summed E-state index contributed by atoms with van der Waals surface area (Å²) in [6, 6.07) is 21.6. The van der Waals surface area contributed by atoms with E-state index in [-0.39, 0.29) is 17.3 Å². The van der Waals surface area contributed by atoms with Gasteiger partial charge in [0.05, 0.1) is 10.4 Å². The number of benzene rings is 3. The summed E-state index contributed by atoms with van der Waals surface area (Å²) < 4.78 is 0. The zero-order valence-corrected chi connectivity index (χ0v) is 17.4. The quantitative estimate of drug-likeness (QED) is 0.192. The highest BCUT2D eigenvalue weighted by Gasteiger charge is 2.26. The summed E-state index contributed by atoms with van der Waals surface area (Å²) in [5.74, 6) is -0.370. The van der Waals surface area contributed by atoms with E-state index in [1.54, 1.807) is 19.1 Å². The third-order valence-electron chi connectivity index (χ3n) is 4.68. The number of fused-ring (bicyclic) bond motifs is 1. The molecule has 1 amide bonds. The summed E-state index contributed by atoms with van der Waals surface area (Å²) in [7, 11) is 0. The van der Waals surface area contributed by atoms with Crippen LogP contribution in [-0.4, -0.2) is 20.8 Å². The lowest BCUT2D eigenvalue weighted by Crippen LogP contribution is -2.20. The normalized spacial score (nSPS) is 11.8. The van der Waals surface area contributed by atoms with Gasteiger partial charge in [-0.05, 0) is 30.2 Å². The fraction of sp³-hybridized carbons (Fsp3) is 0.0870. The second kappa shape index (κ2) is 8.93. The number of thioether (sulfide) groups is 1. The number of para-hydroxylation sites is 1. The van der Waals surface area contributed by atoms with E-state index < -0.39 is 10.2 Å². The number of hydrogen-bond acceptors (Lipinski definition) is 6. The summed E-state index contributed by atoms with van der Waals surface area (Å²) in [4.78, 5) is 32.9. The molecule has 1 atom stereocenters. The number of nitrogens with zero attached hydrogens (tertiary/aromatic N) is 3. The number of nitrogens with one attached hydrogen (secondary N) is 1. The first-order valence-electron chi connectivity index (χ1n) is 9.50. The second-order valence-corrected chi connectivity index (χ2v) is 7.97. The van der Waals surface area contributed by atoms with Crippen LogP contribution in [-0.2, 0) is 4.79 Å². The molecule has 154 valence electrons. The molecule has 0 saturated heterocycles. The molecular weight excluding hydrogens is 412 g/mol. The van der Waals surface area contributed by atoms with E-state index >= 15 is 0 Å². The average Bonchev–Trinajstić information content (AvgIpc) is 2.79. The van der Waals surface area contributed by atoms with Crippen LogP contribution in [0.4, 0.5) is 11.4 Å². The molecule has 0 radical (unpaired) electrons. The first-order chi connectivity index (χ1) is 15.0.